The first kappa shape index (κ1) is 40.1. The van der Waals surface area contributed by atoms with Gasteiger partial charge in [0, 0.05) is 29.0 Å². The van der Waals surface area contributed by atoms with E-state index in [1.54, 1.807) is 6.07 Å². The first-order chi connectivity index (χ1) is 24.6. The summed E-state index contributed by atoms with van der Waals surface area (Å²) in [5.41, 5.74) is 1.38. The SMILES string of the molecule is CCCCOc1ccc(C(C)(C)C)cc1C(O)(c1cc(C(C)(C)C)ccc1OCCCC)[C@@H](Cc1ccccc1)N=Cc1cccc([N+](=O)[O-])c1O. The molecule has 4 aromatic rings. The highest BCUT2D eigenvalue weighted by atomic mass is 16.6. The number of nitro benzene ring substituents is 1. The lowest BCUT2D eigenvalue weighted by Gasteiger charge is -2.39. The molecule has 0 aliphatic rings. The highest BCUT2D eigenvalue weighted by Gasteiger charge is 2.46. The van der Waals surface area contributed by atoms with Crippen molar-refractivity contribution in [2.45, 2.75) is 110 Å². The van der Waals surface area contributed by atoms with Crippen molar-refractivity contribution in [3.05, 3.63) is 128 Å². The normalized spacial score (nSPS) is 12.9. The standard InChI is InChI=1S/C44H56N2O6/c1-9-11-25-51-38-23-21-33(42(3,4)5)28-35(38)44(48,36-29-34(43(6,7)8)22-24-39(36)52-26-12-10-2)40(27-31-17-14-13-15-18-31)45-30-32-19-16-20-37(41(32)47)46(49)50/h13-24,28-30,40,47-48H,9-12,25-27H2,1-8H3/t40-/m1/s1. The van der Waals surface area contributed by atoms with Crippen LogP contribution in [-0.4, -0.2) is 40.6 Å². The third-order valence-electron chi connectivity index (χ3n) is 9.41. The van der Waals surface area contributed by atoms with Crippen molar-refractivity contribution in [1.29, 1.82) is 0 Å². The molecule has 0 unspecified atom stereocenters. The van der Waals surface area contributed by atoms with E-state index in [-0.39, 0.29) is 22.8 Å². The quantitative estimate of drug-likeness (QED) is 0.0518. The maximum absolute atomic E-state index is 14.0. The summed E-state index contributed by atoms with van der Waals surface area (Å²) in [6.07, 6.45) is 5.26. The largest absolute Gasteiger partial charge is 0.502 e. The molecule has 0 radical (unpaired) electrons. The van der Waals surface area contributed by atoms with E-state index < -0.39 is 28.0 Å². The van der Waals surface area contributed by atoms with Crippen LogP contribution in [0.5, 0.6) is 17.2 Å². The Hall–Kier alpha value is -4.69. The number of unbranched alkanes of at least 4 members (excludes halogenated alkanes) is 2. The molecule has 52 heavy (non-hydrogen) atoms. The number of hydrogen-bond acceptors (Lipinski definition) is 7. The molecule has 0 aliphatic carbocycles. The van der Waals surface area contributed by atoms with E-state index >= 15 is 0 Å². The maximum Gasteiger partial charge on any atom is 0.311 e. The maximum atomic E-state index is 14.0. The third-order valence-corrected chi connectivity index (χ3v) is 9.41. The Morgan fingerprint density at radius 2 is 1.29 bits per heavy atom. The van der Waals surface area contributed by atoms with Gasteiger partial charge in [-0.25, -0.2) is 0 Å². The number of rotatable bonds is 16. The van der Waals surface area contributed by atoms with Gasteiger partial charge in [0.2, 0.25) is 5.75 Å². The Bertz CT molecular complexity index is 1750. The van der Waals surface area contributed by atoms with Crippen LogP contribution in [0.3, 0.4) is 0 Å². The summed E-state index contributed by atoms with van der Waals surface area (Å²) >= 11 is 0. The Kier molecular flexibility index (Phi) is 13.3. The Morgan fingerprint density at radius 3 is 1.75 bits per heavy atom. The van der Waals surface area contributed by atoms with Gasteiger partial charge in [0.15, 0.2) is 0 Å². The summed E-state index contributed by atoms with van der Waals surface area (Å²) in [7, 11) is 0. The highest BCUT2D eigenvalue weighted by molar-refractivity contribution is 5.86. The van der Waals surface area contributed by atoms with Crippen LogP contribution < -0.4 is 9.47 Å². The molecule has 0 saturated carbocycles. The van der Waals surface area contributed by atoms with Crippen LogP contribution in [0.15, 0.2) is 89.9 Å². The molecule has 278 valence electrons. The molecular formula is C44H56N2O6. The Morgan fingerprint density at radius 1 is 0.769 bits per heavy atom. The molecule has 4 rings (SSSR count). The zero-order valence-electron chi connectivity index (χ0n) is 32.1. The number of aromatic hydroxyl groups is 1. The van der Waals surface area contributed by atoms with Crippen LogP contribution >= 0.6 is 0 Å². The molecule has 1 atom stereocenters. The van der Waals surface area contributed by atoms with Crippen molar-refractivity contribution in [1.82, 2.24) is 0 Å². The summed E-state index contributed by atoms with van der Waals surface area (Å²) in [5.74, 6) is 0.585. The lowest BCUT2D eigenvalue weighted by atomic mass is 9.73. The number of aliphatic imine (C=N–C) groups is 1. The molecule has 0 bridgehead atoms. The average Bonchev–Trinajstić information content (AvgIpc) is 3.10. The average molecular weight is 709 g/mol. The first-order valence-corrected chi connectivity index (χ1v) is 18.4. The second-order valence-corrected chi connectivity index (χ2v) is 15.5. The van der Waals surface area contributed by atoms with Gasteiger partial charge < -0.3 is 19.7 Å². The minimum Gasteiger partial charge on any atom is -0.502 e. The molecule has 0 spiro atoms. The van der Waals surface area contributed by atoms with Gasteiger partial charge in [-0.2, -0.15) is 0 Å². The molecule has 0 amide bonds. The fourth-order valence-corrected chi connectivity index (χ4v) is 6.11. The lowest BCUT2D eigenvalue weighted by Crippen LogP contribution is -2.42. The van der Waals surface area contributed by atoms with Crippen LogP contribution in [0.2, 0.25) is 0 Å². The zero-order valence-corrected chi connectivity index (χ0v) is 32.1. The van der Waals surface area contributed by atoms with Gasteiger partial charge in [0.1, 0.15) is 17.1 Å². The van der Waals surface area contributed by atoms with Crippen molar-refractivity contribution in [2.24, 2.45) is 4.99 Å². The monoisotopic (exact) mass is 708 g/mol. The predicted molar refractivity (Wildman–Crippen MR) is 210 cm³/mol. The van der Waals surface area contributed by atoms with Crippen LogP contribution in [0.1, 0.15) is 114 Å². The van der Waals surface area contributed by atoms with Gasteiger partial charge in [-0.1, -0.05) is 117 Å². The highest BCUT2D eigenvalue weighted by Crippen LogP contribution is 2.47. The van der Waals surface area contributed by atoms with Gasteiger partial charge in [-0.05, 0) is 77.1 Å². The van der Waals surface area contributed by atoms with Gasteiger partial charge >= 0.3 is 5.69 Å². The smallest absolute Gasteiger partial charge is 0.311 e. The number of hydrogen-bond donors (Lipinski definition) is 2. The van der Waals surface area contributed by atoms with E-state index in [4.69, 9.17) is 14.5 Å². The number of nitrogens with zero attached hydrogens (tertiary/aromatic N) is 2. The number of benzene rings is 4. The second-order valence-electron chi connectivity index (χ2n) is 15.5. The second kappa shape index (κ2) is 17.2. The minimum absolute atomic E-state index is 0.167. The van der Waals surface area contributed by atoms with Gasteiger partial charge in [-0.3, -0.25) is 15.1 Å². The zero-order chi connectivity index (χ0) is 38.1. The summed E-state index contributed by atoms with van der Waals surface area (Å²) in [4.78, 5) is 16.2. The van der Waals surface area contributed by atoms with Crippen molar-refractivity contribution in [2.75, 3.05) is 13.2 Å². The molecule has 0 aromatic heterocycles. The number of nitro groups is 1. The van der Waals surface area contributed by atoms with Crippen molar-refractivity contribution >= 4 is 11.9 Å². The van der Waals surface area contributed by atoms with Crippen LogP contribution in [0, 0.1) is 10.1 Å². The van der Waals surface area contributed by atoms with E-state index in [2.05, 4.69) is 55.4 Å². The van der Waals surface area contributed by atoms with Crippen molar-refractivity contribution < 1.29 is 24.6 Å². The van der Waals surface area contributed by atoms with Gasteiger partial charge in [0.25, 0.3) is 0 Å². The number of para-hydroxylation sites is 1. The molecule has 2 N–H and O–H groups in total. The Labute approximate surface area is 309 Å². The lowest BCUT2D eigenvalue weighted by molar-refractivity contribution is -0.385. The summed E-state index contributed by atoms with van der Waals surface area (Å²) in [5, 5.41) is 36.7. The van der Waals surface area contributed by atoms with Crippen molar-refractivity contribution in [3.63, 3.8) is 0 Å². The summed E-state index contributed by atoms with van der Waals surface area (Å²) in [6, 6.07) is 25.3. The summed E-state index contributed by atoms with van der Waals surface area (Å²) in [6.45, 7) is 17.9. The summed E-state index contributed by atoms with van der Waals surface area (Å²) < 4.78 is 13.0. The molecule has 8 nitrogen and oxygen atoms in total. The van der Waals surface area contributed by atoms with E-state index in [1.807, 2.05) is 66.7 Å². The fraction of sp³-hybridized carbons (Fsp3) is 0.432. The fourth-order valence-electron chi connectivity index (χ4n) is 6.11. The van der Waals surface area contributed by atoms with Gasteiger partial charge in [-0.15, -0.1) is 0 Å². The molecule has 0 heterocycles. The van der Waals surface area contributed by atoms with Crippen LogP contribution in [-0.2, 0) is 22.9 Å². The van der Waals surface area contributed by atoms with Crippen LogP contribution in [0.4, 0.5) is 5.69 Å². The Balaban J connectivity index is 2.15. The predicted octanol–water partition coefficient (Wildman–Crippen LogP) is 10.2. The molecule has 0 aliphatic heterocycles. The van der Waals surface area contributed by atoms with Crippen molar-refractivity contribution in [3.8, 4) is 17.2 Å². The molecule has 8 heteroatoms. The van der Waals surface area contributed by atoms with E-state index in [1.165, 1.54) is 18.3 Å². The van der Waals surface area contributed by atoms with E-state index in [9.17, 15) is 20.3 Å². The van der Waals surface area contributed by atoms with E-state index in [0.717, 1.165) is 42.4 Å². The van der Waals surface area contributed by atoms with Crippen LogP contribution in [0.25, 0.3) is 0 Å². The molecule has 0 fully saturated rings. The topological polar surface area (TPSA) is 114 Å². The third kappa shape index (κ3) is 9.59. The molecule has 4 aromatic carbocycles. The number of aliphatic hydroxyl groups is 1. The number of phenolic OH excluding ortho intramolecular Hbond substituents is 1. The van der Waals surface area contributed by atoms with E-state index in [0.29, 0.717) is 35.8 Å². The molecule has 0 saturated heterocycles. The minimum atomic E-state index is -1.85. The number of ether oxygens (including phenoxy) is 2. The molecular weight excluding hydrogens is 652 g/mol. The first-order valence-electron chi connectivity index (χ1n) is 18.4. The van der Waals surface area contributed by atoms with Gasteiger partial charge in [0.05, 0.1) is 24.2 Å². The number of phenols is 1.